The van der Waals surface area contributed by atoms with Crippen LogP contribution >= 0.6 is 11.3 Å². The third kappa shape index (κ3) is 3.31. The fourth-order valence-electron chi connectivity index (χ4n) is 2.51. The topological polar surface area (TPSA) is 45.2 Å². The van der Waals surface area contributed by atoms with Gasteiger partial charge >= 0.3 is 0 Å². The zero-order valence-electron chi connectivity index (χ0n) is 12.1. The van der Waals surface area contributed by atoms with E-state index in [1.807, 2.05) is 30.0 Å². The first-order chi connectivity index (χ1) is 10.2. The zero-order valence-corrected chi connectivity index (χ0v) is 12.9. The number of thiazole rings is 1. The molecule has 1 saturated heterocycles. The highest BCUT2D eigenvalue weighted by Crippen LogP contribution is 2.22. The minimum atomic E-state index is 0.130. The number of amides is 1. The number of hydrogen-bond acceptors (Lipinski definition) is 4. The van der Waals surface area contributed by atoms with E-state index in [1.165, 1.54) is 16.9 Å². The Hall–Kier alpha value is -1.72. The lowest BCUT2D eigenvalue weighted by atomic mass is 10.2. The molecule has 5 heteroatoms. The maximum Gasteiger partial charge on any atom is 0.265 e. The number of nitrogens with zero attached hydrogens (tertiary/aromatic N) is 2. The minimum absolute atomic E-state index is 0.130. The van der Waals surface area contributed by atoms with Gasteiger partial charge in [0.15, 0.2) is 0 Å². The van der Waals surface area contributed by atoms with Crippen LogP contribution in [0.25, 0.3) is 0 Å². The van der Waals surface area contributed by atoms with Crippen LogP contribution in [0.2, 0.25) is 0 Å². The Labute approximate surface area is 128 Å². The standard InChI is InChI=1S/C16H19N3OS/c1-12-15(16(20)19-9-7-17-8-10-19)21-14(18-12)11-13-5-3-2-4-6-13/h2-6,17H,7-11H2,1H3. The fourth-order valence-corrected chi connectivity index (χ4v) is 3.58. The Morgan fingerprint density at radius 3 is 2.71 bits per heavy atom. The average Bonchev–Trinajstić information content (AvgIpc) is 2.89. The van der Waals surface area contributed by atoms with E-state index in [9.17, 15) is 4.79 Å². The molecule has 0 aliphatic carbocycles. The Kier molecular flexibility index (Phi) is 4.31. The first-order valence-electron chi connectivity index (χ1n) is 7.24. The summed E-state index contributed by atoms with van der Waals surface area (Å²) in [5.74, 6) is 0.130. The second kappa shape index (κ2) is 6.37. The van der Waals surface area contributed by atoms with Crippen LogP contribution in [-0.2, 0) is 6.42 Å². The SMILES string of the molecule is Cc1nc(Cc2ccccc2)sc1C(=O)N1CCNCC1. The van der Waals surface area contributed by atoms with E-state index in [1.54, 1.807) is 0 Å². The molecule has 0 atom stereocenters. The summed E-state index contributed by atoms with van der Waals surface area (Å²) >= 11 is 1.53. The van der Waals surface area contributed by atoms with Crippen molar-refractivity contribution in [2.24, 2.45) is 0 Å². The third-order valence-corrected chi connectivity index (χ3v) is 4.78. The Balaban J connectivity index is 1.76. The molecule has 1 amide bonds. The number of benzene rings is 1. The van der Waals surface area contributed by atoms with E-state index in [0.29, 0.717) is 0 Å². The van der Waals surface area contributed by atoms with Crippen molar-refractivity contribution in [3.05, 3.63) is 51.5 Å². The summed E-state index contributed by atoms with van der Waals surface area (Å²) in [4.78, 5) is 19.8. The van der Waals surface area contributed by atoms with Crippen LogP contribution in [0.1, 0.15) is 25.9 Å². The smallest absolute Gasteiger partial charge is 0.265 e. The molecule has 1 aliphatic rings. The van der Waals surface area contributed by atoms with E-state index in [0.717, 1.165) is 48.2 Å². The normalized spacial score (nSPS) is 15.2. The number of piperazine rings is 1. The number of carbonyl (C=O) groups excluding carboxylic acids is 1. The van der Waals surface area contributed by atoms with Gasteiger partial charge in [-0.05, 0) is 12.5 Å². The van der Waals surface area contributed by atoms with Crippen molar-refractivity contribution in [1.29, 1.82) is 0 Å². The zero-order chi connectivity index (χ0) is 14.7. The quantitative estimate of drug-likeness (QED) is 0.944. The lowest BCUT2D eigenvalue weighted by Crippen LogP contribution is -2.46. The lowest BCUT2D eigenvalue weighted by Gasteiger charge is -2.27. The van der Waals surface area contributed by atoms with Crippen molar-refractivity contribution in [2.45, 2.75) is 13.3 Å². The van der Waals surface area contributed by atoms with E-state index in [4.69, 9.17) is 0 Å². The molecular formula is C16H19N3OS. The molecule has 0 unspecified atom stereocenters. The van der Waals surface area contributed by atoms with Crippen molar-refractivity contribution in [2.75, 3.05) is 26.2 Å². The third-order valence-electron chi connectivity index (χ3n) is 3.64. The number of aromatic nitrogens is 1. The van der Waals surface area contributed by atoms with Gasteiger partial charge in [-0.2, -0.15) is 0 Å². The van der Waals surface area contributed by atoms with Gasteiger partial charge in [0.05, 0.1) is 10.7 Å². The molecule has 0 spiro atoms. The van der Waals surface area contributed by atoms with Gasteiger partial charge in [-0.15, -0.1) is 11.3 Å². The van der Waals surface area contributed by atoms with Crippen molar-refractivity contribution in [3.63, 3.8) is 0 Å². The fraction of sp³-hybridized carbons (Fsp3) is 0.375. The number of aryl methyl sites for hydroxylation is 1. The molecule has 4 nitrogen and oxygen atoms in total. The van der Waals surface area contributed by atoms with Crippen molar-refractivity contribution < 1.29 is 4.79 Å². The lowest BCUT2D eigenvalue weighted by molar-refractivity contribution is 0.0740. The van der Waals surface area contributed by atoms with E-state index in [2.05, 4.69) is 22.4 Å². The van der Waals surface area contributed by atoms with Gasteiger partial charge in [-0.3, -0.25) is 4.79 Å². The van der Waals surface area contributed by atoms with Crippen LogP contribution in [-0.4, -0.2) is 42.0 Å². The molecule has 0 radical (unpaired) electrons. The predicted molar refractivity (Wildman–Crippen MR) is 84.9 cm³/mol. The monoisotopic (exact) mass is 301 g/mol. The van der Waals surface area contributed by atoms with E-state index < -0.39 is 0 Å². The molecule has 0 saturated carbocycles. The van der Waals surface area contributed by atoms with Crippen molar-refractivity contribution in [3.8, 4) is 0 Å². The van der Waals surface area contributed by atoms with Crippen LogP contribution < -0.4 is 5.32 Å². The molecule has 1 N–H and O–H groups in total. The van der Waals surface area contributed by atoms with Crippen molar-refractivity contribution >= 4 is 17.2 Å². The number of hydrogen-bond donors (Lipinski definition) is 1. The summed E-state index contributed by atoms with van der Waals surface area (Å²) in [5, 5.41) is 4.28. The second-order valence-electron chi connectivity index (χ2n) is 5.23. The first-order valence-corrected chi connectivity index (χ1v) is 8.06. The maximum atomic E-state index is 12.6. The van der Waals surface area contributed by atoms with Crippen LogP contribution in [0.3, 0.4) is 0 Å². The number of nitrogens with one attached hydrogen (secondary N) is 1. The highest BCUT2D eigenvalue weighted by molar-refractivity contribution is 7.13. The van der Waals surface area contributed by atoms with Crippen molar-refractivity contribution in [1.82, 2.24) is 15.2 Å². The molecule has 2 heterocycles. The molecule has 21 heavy (non-hydrogen) atoms. The Morgan fingerprint density at radius 2 is 2.00 bits per heavy atom. The molecular weight excluding hydrogens is 282 g/mol. The molecule has 1 aromatic heterocycles. The van der Waals surface area contributed by atoms with Gasteiger partial charge in [0.2, 0.25) is 0 Å². The molecule has 2 aromatic rings. The summed E-state index contributed by atoms with van der Waals surface area (Å²) in [6, 6.07) is 10.3. The predicted octanol–water partition coefficient (Wildman–Crippen LogP) is 2.09. The van der Waals surface area contributed by atoms with E-state index in [-0.39, 0.29) is 5.91 Å². The first kappa shape index (κ1) is 14.2. The molecule has 0 bridgehead atoms. The summed E-state index contributed by atoms with van der Waals surface area (Å²) in [6.45, 7) is 5.25. The molecule has 1 fully saturated rings. The molecule has 3 rings (SSSR count). The number of rotatable bonds is 3. The summed E-state index contributed by atoms with van der Waals surface area (Å²) in [6.07, 6.45) is 0.793. The number of carbonyl (C=O) groups is 1. The molecule has 1 aliphatic heterocycles. The van der Waals surface area contributed by atoms with Gasteiger partial charge in [-0.25, -0.2) is 4.98 Å². The van der Waals surface area contributed by atoms with Gasteiger partial charge in [-0.1, -0.05) is 30.3 Å². The molecule has 1 aromatic carbocycles. The van der Waals surface area contributed by atoms with Gasteiger partial charge in [0.25, 0.3) is 5.91 Å². The van der Waals surface area contributed by atoms with E-state index >= 15 is 0 Å². The second-order valence-corrected chi connectivity index (χ2v) is 6.31. The summed E-state index contributed by atoms with van der Waals surface area (Å²) in [7, 11) is 0. The van der Waals surface area contributed by atoms with Gasteiger partial charge < -0.3 is 10.2 Å². The Morgan fingerprint density at radius 1 is 1.29 bits per heavy atom. The van der Waals surface area contributed by atoms with Gasteiger partial charge in [0.1, 0.15) is 4.88 Å². The van der Waals surface area contributed by atoms with Crippen LogP contribution in [0, 0.1) is 6.92 Å². The van der Waals surface area contributed by atoms with Gasteiger partial charge in [0, 0.05) is 32.6 Å². The minimum Gasteiger partial charge on any atom is -0.335 e. The van der Waals surface area contributed by atoms with Crippen LogP contribution in [0.5, 0.6) is 0 Å². The van der Waals surface area contributed by atoms with Crippen LogP contribution in [0.15, 0.2) is 30.3 Å². The van der Waals surface area contributed by atoms with Crippen LogP contribution in [0.4, 0.5) is 0 Å². The highest BCUT2D eigenvalue weighted by atomic mass is 32.1. The Bertz CT molecular complexity index is 618. The highest BCUT2D eigenvalue weighted by Gasteiger charge is 2.22. The average molecular weight is 301 g/mol. The largest absolute Gasteiger partial charge is 0.335 e. The summed E-state index contributed by atoms with van der Waals surface area (Å²) in [5.41, 5.74) is 2.09. The summed E-state index contributed by atoms with van der Waals surface area (Å²) < 4.78 is 0. The maximum absolute atomic E-state index is 12.6. The molecule has 110 valence electrons.